The van der Waals surface area contributed by atoms with Crippen molar-refractivity contribution in [1.29, 1.82) is 0 Å². The molecule has 1 N–H and O–H groups in total. The van der Waals surface area contributed by atoms with Crippen molar-refractivity contribution in [2.24, 2.45) is 0 Å². The molecule has 3 heteroatoms. The summed E-state index contributed by atoms with van der Waals surface area (Å²) in [7, 11) is 1.48. The first kappa shape index (κ1) is 13.9. The molecule has 1 aromatic rings. The van der Waals surface area contributed by atoms with Gasteiger partial charge in [-0.1, -0.05) is 50.3 Å². The van der Waals surface area contributed by atoms with E-state index in [2.05, 4.69) is 5.32 Å². The van der Waals surface area contributed by atoms with Crippen LogP contribution in [0.1, 0.15) is 44.9 Å². The van der Waals surface area contributed by atoms with Crippen LogP contribution in [0.25, 0.3) is 0 Å². The van der Waals surface area contributed by atoms with Gasteiger partial charge in [0.2, 0.25) is 0 Å². The molecule has 0 aliphatic heterocycles. The Hall–Kier alpha value is -1.51. The van der Waals surface area contributed by atoms with Crippen LogP contribution in [0.2, 0.25) is 0 Å². The molecule has 0 aromatic heterocycles. The molecule has 3 nitrogen and oxygen atoms in total. The number of benzene rings is 1. The van der Waals surface area contributed by atoms with Crippen LogP contribution in [0, 0.1) is 0 Å². The number of carbonyl (C=O) groups is 1. The lowest BCUT2D eigenvalue weighted by atomic mass is 9.83. The molecule has 0 unspecified atom stereocenters. The Morgan fingerprint density at radius 1 is 1.05 bits per heavy atom. The van der Waals surface area contributed by atoms with E-state index in [0.29, 0.717) is 0 Å². The van der Waals surface area contributed by atoms with Crippen molar-refractivity contribution in [2.45, 2.75) is 50.5 Å². The molecule has 0 atom stereocenters. The number of carbonyl (C=O) groups excluding carboxylic acids is 1. The van der Waals surface area contributed by atoms with E-state index in [1.165, 1.54) is 26.4 Å². The van der Waals surface area contributed by atoms with Crippen molar-refractivity contribution in [3.05, 3.63) is 30.3 Å². The minimum atomic E-state index is -0.545. The van der Waals surface area contributed by atoms with Gasteiger partial charge in [-0.15, -0.1) is 0 Å². The Balaban J connectivity index is 2.20. The first-order valence-electron chi connectivity index (χ1n) is 7.18. The van der Waals surface area contributed by atoms with Crippen LogP contribution in [0.3, 0.4) is 0 Å². The third kappa shape index (κ3) is 3.49. The molecular weight excluding hydrogens is 238 g/mol. The average molecular weight is 261 g/mol. The van der Waals surface area contributed by atoms with Crippen molar-refractivity contribution >= 4 is 11.7 Å². The predicted octanol–water partition coefficient (Wildman–Crippen LogP) is 3.75. The van der Waals surface area contributed by atoms with Gasteiger partial charge < -0.3 is 10.1 Å². The summed E-state index contributed by atoms with van der Waals surface area (Å²) in [4.78, 5) is 12.3. The predicted molar refractivity (Wildman–Crippen MR) is 77.1 cm³/mol. The molecular formula is C16H23NO2. The molecule has 0 saturated heterocycles. The van der Waals surface area contributed by atoms with Gasteiger partial charge in [0.15, 0.2) is 0 Å². The number of esters is 1. The highest BCUT2D eigenvalue weighted by Crippen LogP contribution is 2.31. The normalized spacial score (nSPS) is 19.0. The second kappa shape index (κ2) is 6.60. The lowest BCUT2D eigenvalue weighted by Crippen LogP contribution is -2.47. The molecule has 0 spiro atoms. The Morgan fingerprint density at radius 3 is 2.21 bits per heavy atom. The number of ether oxygens (including phenoxy) is 1. The maximum atomic E-state index is 12.3. The van der Waals surface area contributed by atoms with Crippen molar-refractivity contribution in [1.82, 2.24) is 0 Å². The summed E-state index contributed by atoms with van der Waals surface area (Å²) >= 11 is 0. The van der Waals surface area contributed by atoms with Crippen LogP contribution < -0.4 is 5.32 Å². The zero-order valence-corrected chi connectivity index (χ0v) is 11.7. The zero-order valence-electron chi connectivity index (χ0n) is 11.7. The topological polar surface area (TPSA) is 38.3 Å². The van der Waals surface area contributed by atoms with Crippen LogP contribution >= 0.6 is 0 Å². The number of anilines is 1. The molecule has 0 heterocycles. The van der Waals surface area contributed by atoms with E-state index in [1.807, 2.05) is 30.3 Å². The SMILES string of the molecule is COC(=O)C1(Nc2ccccc2)CCCCCCC1. The summed E-state index contributed by atoms with van der Waals surface area (Å²) in [5.74, 6) is -0.127. The van der Waals surface area contributed by atoms with Gasteiger partial charge in [-0.2, -0.15) is 0 Å². The van der Waals surface area contributed by atoms with Crippen molar-refractivity contribution < 1.29 is 9.53 Å². The van der Waals surface area contributed by atoms with Gasteiger partial charge in [0.25, 0.3) is 0 Å². The highest BCUT2D eigenvalue weighted by Gasteiger charge is 2.39. The minimum absolute atomic E-state index is 0.127. The van der Waals surface area contributed by atoms with E-state index in [1.54, 1.807) is 0 Å². The monoisotopic (exact) mass is 261 g/mol. The van der Waals surface area contributed by atoms with Gasteiger partial charge >= 0.3 is 5.97 Å². The smallest absolute Gasteiger partial charge is 0.331 e. The number of rotatable bonds is 3. The van der Waals surface area contributed by atoms with Gasteiger partial charge in [0, 0.05) is 5.69 Å². The van der Waals surface area contributed by atoms with E-state index in [4.69, 9.17) is 4.74 Å². The van der Waals surface area contributed by atoms with E-state index >= 15 is 0 Å². The highest BCUT2D eigenvalue weighted by molar-refractivity contribution is 5.84. The molecule has 1 aromatic carbocycles. The Kier molecular flexibility index (Phi) is 4.83. The first-order valence-corrected chi connectivity index (χ1v) is 7.18. The summed E-state index contributed by atoms with van der Waals surface area (Å²) in [6.07, 6.45) is 7.56. The van der Waals surface area contributed by atoms with Crippen LogP contribution in [0.4, 0.5) is 5.69 Å². The van der Waals surface area contributed by atoms with E-state index < -0.39 is 5.54 Å². The summed E-state index contributed by atoms with van der Waals surface area (Å²) in [5.41, 5.74) is 0.449. The fourth-order valence-corrected chi connectivity index (χ4v) is 2.88. The molecule has 1 fully saturated rings. The summed E-state index contributed by atoms with van der Waals surface area (Å²) in [6.45, 7) is 0. The maximum Gasteiger partial charge on any atom is 0.331 e. The average Bonchev–Trinajstić information content (AvgIpc) is 2.42. The van der Waals surface area contributed by atoms with Gasteiger partial charge in [-0.05, 0) is 25.0 Å². The second-order valence-corrected chi connectivity index (χ2v) is 5.33. The third-order valence-electron chi connectivity index (χ3n) is 3.94. The van der Waals surface area contributed by atoms with E-state index in [-0.39, 0.29) is 5.97 Å². The quantitative estimate of drug-likeness (QED) is 0.842. The molecule has 19 heavy (non-hydrogen) atoms. The molecule has 0 amide bonds. The van der Waals surface area contributed by atoms with Crippen LogP contribution in [-0.4, -0.2) is 18.6 Å². The standard InChI is InChI=1S/C16H23NO2/c1-19-15(18)16(12-8-3-2-4-9-13-16)17-14-10-6-5-7-11-14/h5-7,10-11,17H,2-4,8-9,12-13H2,1H3. The highest BCUT2D eigenvalue weighted by atomic mass is 16.5. The minimum Gasteiger partial charge on any atom is -0.467 e. The van der Waals surface area contributed by atoms with Gasteiger partial charge in [0.05, 0.1) is 7.11 Å². The molecule has 0 bridgehead atoms. The van der Waals surface area contributed by atoms with Crippen molar-refractivity contribution in [2.75, 3.05) is 12.4 Å². The number of hydrogen-bond donors (Lipinski definition) is 1. The van der Waals surface area contributed by atoms with Gasteiger partial charge in [-0.3, -0.25) is 0 Å². The summed E-state index contributed by atoms with van der Waals surface area (Å²) in [6, 6.07) is 9.95. The van der Waals surface area contributed by atoms with Crippen LogP contribution in [0.5, 0.6) is 0 Å². The summed E-state index contributed by atoms with van der Waals surface area (Å²) < 4.78 is 5.06. The second-order valence-electron chi connectivity index (χ2n) is 5.33. The Bertz CT molecular complexity index is 394. The zero-order chi connectivity index (χ0) is 13.6. The number of para-hydroxylation sites is 1. The van der Waals surface area contributed by atoms with Crippen LogP contribution in [0.15, 0.2) is 30.3 Å². The Labute approximate surface area is 115 Å². The van der Waals surface area contributed by atoms with Gasteiger partial charge in [-0.25, -0.2) is 4.79 Å². The number of nitrogens with one attached hydrogen (secondary N) is 1. The molecule has 2 rings (SSSR count). The van der Waals surface area contributed by atoms with E-state index in [9.17, 15) is 4.79 Å². The van der Waals surface area contributed by atoms with Crippen molar-refractivity contribution in [3.63, 3.8) is 0 Å². The molecule has 1 saturated carbocycles. The van der Waals surface area contributed by atoms with Crippen molar-refractivity contribution in [3.8, 4) is 0 Å². The molecule has 104 valence electrons. The Morgan fingerprint density at radius 2 is 1.63 bits per heavy atom. The first-order chi connectivity index (χ1) is 9.27. The van der Waals surface area contributed by atoms with Crippen LogP contribution in [-0.2, 0) is 9.53 Å². The lowest BCUT2D eigenvalue weighted by Gasteiger charge is -2.34. The largest absolute Gasteiger partial charge is 0.467 e. The van der Waals surface area contributed by atoms with E-state index in [0.717, 1.165) is 31.4 Å². The third-order valence-corrected chi connectivity index (χ3v) is 3.94. The lowest BCUT2D eigenvalue weighted by molar-refractivity contribution is -0.146. The molecule has 1 aliphatic carbocycles. The maximum absolute atomic E-state index is 12.3. The fraction of sp³-hybridized carbons (Fsp3) is 0.562. The van der Waals surface area contributed by atoms with Gasteiger partial charge in [0.1, 0.15) is 5.54 Å². The number of methoxy groups -OCH3 is 1. The molecule has 1 aliphatic rings. The summed E-state index contributed by atoms with van der Waals surface area (Å²) in [5, 5.41) is 3.44. The fourth-order valence-electron chi connectivity index (χ4n) is 2.88. The number of hydrogen-bond acceptors (Lipinski definition) is 3. The molecule has 0 radical (unpaired) electrons.